The molecule has 1 N–H and O–H groups in total. The van der Waals surface area contributed by atoms with Crippen molar-refractivity contribution < 1.29 is 4.79 Å². The molecular formula is C19H24N4O. The Morgan fingerprint density at radius 1 is 1.12 bits per heavy atom. The standard InChI is InChI=1S/C19H24N4O/c1-22-11-13-23(14-12-22)18-7-5-17(6-8-18)21-19(24)9-4-16-3-2-10-20-15-16/h2-3,5-8,10,15H,4,9,11-14H2,1H3,(H,21,24). The Morgan fingerprint density at radius 2 is 1.88 bits per heavy atom. The normalized spacial score (nSPS) is 15.3. The van der Waals surface area contributed by atoms with Crippen LogP contribution in [-0.4, -0.2) is 49.0 Å². The van der Waals surface area contributed by atoms with Crippen LogP contribution in [0, 0.1) is 0 Å². The molecule has 0 spiro atoms. The smallest absolute Gasteiger partial charge is 0.224 e. The number of hydrogen-bond donors (Lipinski definition) is 1. The first-order valence-electron chi connectivity index (χ1n) is 8.43. The van der Waals surface area contributed by atoms with Crippen LogP contribution < -0.4 is 10.2 Å². The molecule has 126 valence electrons. The van der Waals surface area contributed by atoms with Crippen LogP contribution in [0.1, 0.15) is 12.0 Å². The van der Waals surface area contributed by atoms with Crippen LogP contribution in [0.25, 0.3) is 0 Å². The molecule has 0 radical (unpaired) electrons. The zero-order valence-corrected chi connectivity index (χ0v) is 14.1. The largest absolute Gasteiger partial charge is 0.369 e. The van der Waals surface area contributed by atoms with E-state index in [4.69, 9.17) is 0 Å². The van der Waals surface area contributed by atoms with Gasteiger partial charge in [0.2, 0.25) is 5.91 Å². The summed E-state index contributed by atoms with van der Waals surface area (Å²) >= 11 is 0. The number of aromatic nitrogens is 1. The molecule has 2 aromatic rings. The maximum atomic E-state index is 12.1. The van der Waals surface area contributed by atoms with Crippen LogP contribution >= 0.6 is 0 Å². The van der Waals surface area contributed by atoms with Crippen molar-refractivity contribution in [2.75, 3.05) is 43.4 Å². The average Bonchev–Trinajstić information content (AvgIpc) is 2.62. The number of nitrogens with zero attached hydrogens (tertiary/aromatic N) is 3. The lowest BCUT2D eigenvalue weighted by atomic mass is 10.1. The van der Waals surface area contributed by atoms with Crippen LogP contribution in [0.3, 0.4) is 0 Å². The summed E-state index contributed by atoms with van der Waals surface area (Å²) in [5.74, 6) is 0.0335. The van der Waals surface area contributed by atoms with Gasteiger partial charge < -0.3 is 15.1 Å². The van der Waals surface area contributed by atoms with Gasteiger partial charge >= 0.3 is 0 Å². The van der Waals surface area contributed by atoms with Gasteiger partial charge in [-0.1, -0.05) is 6.07 Å². The molecule has 5 nitrogen and oxygen atoms in total. The molecule has 24 heavy (non-hydrogen) atoms. The van der Waals surface area contributed by atoms with E-state index in [1.807, 2.05) is 24.3 Å². The van der Waals surface area contributed by atoms with Gasteiger partial charge in [-0.3, -0.25) is 9.78 Å². The number of rotatable bonds is 5. The second-order valence-electron chi connectivity index (χ2n) is 6.25. The number of carbonyl (C=O) groups is 1. The van der Waals surface area contributed by atoms with E-state index in [1.54, 1.807) is 12.4 Å². The maximum absolute atomic E-state index is 12.1. The number of carbonyl (C=O) groups excluding carboxylic acids is 1. The van der Waals surface area contributed by atoms with Crippen LogP contribution in [0.5, 0.6) is 0 Å². The molecule has 0 bridgehead atoms. The second kappa shape index (κ2) is 7.93. The minimum Gasteiger partial charge on any atom is -0.369 e. The molecule has 1 aromatic heterocycles. The Balaban J connectivity index is 1.49. The quantitative estimate of drug-likeness (QED) is 0.917. The predicted octanol–water partition coefficient (Wildman–Crippen LogP) is 2.40. The highest BCUT2D eigenvalue weighted by Gasteiger charge is 2.14. The van der Waals surface area contributed by atoms with Crippen molar-refractivity contribution in [3.8, 4) is 0 Å². The molecule has 5 heteroatoms. The number of anilines is 2. The topological polar surface area (TPSA) is 48.5 Å². The fourth-order valence-electron chi connectivity index (χ4n) is 2.85. The summed E-state index contributed by atoms with van der Waals surface area (Å²) in [6.07, 6.45) is 4.72. The Morgan fingerprint density at radius 3 is 2.54 bits per heavy atom. The Labute approximate surface area is 143 Å². The fourth-order valence-corrected chi connectivity index (χ4v) is 2.85. The number of piperazine rings is 1. The summed E-state index contributed by atoms with van der Waals surface area (Å²) in [6, 6.07) is 12.0. The summed E-state index contributed by atoms with van der Waals surface area (Å²) < 4.78 is 0. The molecule has 1 saturated heterocycles. The van der Waals surface area contributed by atoms with Crippen LogP contribution in [0.4, 0.5) is 11.4 Å². The molecule has 0 unspecified atom stereocenters. The number of amides is 1. The summed E-state index contributed by atoms with van der Waals surface area (Å²) in [7, 11) is 2.15. The van der Waals surface area contributed by atoms with Crippen molar-refractivity contribution in [3.63, 3.8) is 0 Å². The molecule has 0 atom stereocenters. The van der Waals surface area contributed by atoms with E-state index in [-0.39, 0.29) is 5.91 Å². The van der Waals surface area contributed by atoms with E-state index in [0.29, 0.717) is 12.8 Å². The zero-order chi connectivity index (χ0) is 16.8. The molecule has 0 aliphatic carbocycles. The molecule has 0 saturated carbocycles. The lowest BCUT2D eigenvalue weighted by molar-refractivity contribution is -0.116. The first kappa shape index (κ1) is 16.5. The Bertz CT molecular complexity index is 649. The van der Waals surface area contributed by atoms with E-state index in [0.717, 1.165) is 37.4 Å². The highest BCUT2D eigenvalue weighted by atomic mass is 16.1. The van der Waals surface area contributed by atoms with Gasteiger partial charge in [-0.15, -0.1) is 0 Å². The number of aryl methyl sites for hydroxylation is 1. The van der Waals surface area contributed by atoms with E-state index in [9.17, 15) is 4.79 Å². The minimum absolute atomic E-state index is 0.0335. The molecule has 1 fully saturated rings. The fraction of sp³-hybridized carbons (Fsp3) is 0.368. The highest BCUT2D eigenvalue weighted by Crippen LogP contribution is 2.19. The van der Waals surface area contributed by atoms with Crippen LogP contribution in [0.15, 0.2) is 48.8 Å². The lowest BCUT2D eigenvalue weighted by Gasteiger charge is -2.34. The molecule has 3 rings (SSSR count). The number of benzene rings is 1. The van der Waals surface area contributed by atoms with Gasteiger partial charge in [0.25, 0.3) is 0 Å². The van der Waals surface area contributed by atoms with Gasteiger partial charge in [-0.05, 0) is 49.4 Å². The third-order valence-electron chi connectivity index (χ3n) is 4.38. The molecular weight excluding hydrogens is 300 g/mol. The monoisotopic (exact) mass is 324 g/mol. The Hall–Kier alpha value is -2.40. The first-order chi connectivity index (χ1) is 11.7. The molecule has 2 heterocycles. The van der Waals surface area contributed by atoms with E-state index in [1.165, 1.54) is 5.69 Å². The van der Waals surface area contributed by atoms with E-state index < -0.39 is 0 Å². The Kier molecular flexibility index (Phi) is 5.43. The first-order valence-corrected chi connectivity index (χ1v) is 8.43. The summed E-state index contributed by atoms with van der Waals surface area (Å²) in [4.78, 5) is 20.9. The summed E-state index contributed by atoms with van der Waals surface area (Å²) in [5, 5.41) is 2.96. The number of nitrogens with one attached hydrogen (secondary N) is 1. The maximum Gasteiger partial charge on any atom is 0.224 e. The summed E-state index contributed by atoms with van der Waals surface area (Å²) in [6.45, 7) is 4.28. The van der Waals surface area contributed by atoms with Gasteiger partial charge in [-0.2, -0.15) is 0 Å². The zero-order valence-electron chi connectivity index (χ0n) is 14.1. The molecule has 1 aromatic carbocycles. The van der Waals surface area contributed by atoms with Gasteiger partial charge in [0.1, 0.15) is 0 Å². The van der Waals surface area contributed by atoms with Crippen LogP contribution in [0.2, 0.25) is 0 Å². The van der Waals surface area contributed by atoms with Crippen molar-refractivity contribution in [2.45, 2.75) is 12.8 Å². The number of likely N-dealkylation sites (N-methyl/N-ethyl adjacent to an activating group) is 1. The van der Waals surface area contributed by atoms with E-state index in [2.05, 4.69) is 39.3 Å². The van der Waals surface area contributed by atoms with Crippen molar-refractivity contribution in [1.29, 1.82) is 0 Å². The van der Waals surface area contributed by atoms with Crippen molar-refractivity contribution in [2.24, 2.45) is 0 Å². The van der Waals surface area contributed by atoms with Gasteiger partial charge in [0, 0.05) is 56.4 Å². The average molecular weight is 324 g/mol. The predicted molar refractivity (Wildman–Crippen MR) is 97.3 cm³/mol. The van der Waals surface area contributed by atoms with Crippen molar-refractivity contribution in [3.05, 3.63) is 54.4 Å². The number of hydrogen-bond acceptors (Lipinski definition) is 4. The highest BCUT2D eigenvalue weighted by molar-refractivity contribution is 5.91. The number of pyridine rings is 1. The van der Waals surface area contributed by atoms with Gasteiger partial charge in [0.05, 0.1) is 0 Å². The summed E-state index contributed by atoms with van der Waals surface area (Å²) in [5.41, 5.74) is 3.15. The van der Waals surface area contributed by atoms with Crippen molar-refractivity contribution in [1.82, 2.24) is 9.88 Å². The molecule has 1 aliphatic heterocycles. The third kappa shape index (κ3) is 4.55. The second-order valence-corrected chi connectivity index (χ2v) is 6.25. The lowest BCUT2D eigenvalue weighted by Crippen LogP contribution is -2.44. The minimum atomic E-state index is 0.0335. The van der Waals surface area contributed by atoms with Crippen molar-refractivity contribution >= 4 is 17.3 Å². The molecule has 1 amide bonds. The van der Waals surface area contributed by atoms with Gasteiger partial charge in [-0.25, -0.2) is 0 Å². The van der Waals surface area contributed by atoms with E-state index >= 15 is 0 Å². The third-order valence-corrected chi connectivity index (χ3v) is 4.38. The molecule has 1 aliphatic rings. The SMILES string of the molecule is CN1CCN(c2ccc(NC(=O)CCc3cccnc3)cc2)CC1. The van der Waals surface area contributed by atoms with Crippen LogP contribution in [-0.2, 0) is 11.2 Å². The van der Waals surface area contributed by atoms with Gasteiger partial charge in [0.15, 0.2) is 0 Å².